The lowest BCUT2D eigenvalue weighted by molar-refractivity contribution is -0.629. The van der Waals surface area contributed by atoms with Gasteiger partial charge in [-0.1, -0.05) is 0 Å². The molecule has 1 rings (SSSR count). The molecule has 6 nitrogen and oxygen atoms in total. The average molecular weight is 180 g/mol. The molecule has 0 aromatic heterocycles. The van der Waals surface area contributed by atoms with Crippen LogP contribution in [-0.2, 0) is 19.9 Å². The smallest absolute Gasteiger partial charge is 0.101 e. The molecule has 0 radical (unpaired) electrons. The topological polar surface area (TPSA) is 77.4 Å². The minimum Gasteiger partial charge on any atom is -0.394 e. The van der Waals surface area contributed by atoms with Crippen LogP contribution in [0.5, 0.6) is 0 Å². The van der Waals surface area contributed by atoms with Crippen molar-refractivity contribution < 1.29 is 30.1 Å². The van der Waals surface area contributed by atoms with Gasteiger partial charge in [-0.2, -0.15) is 0 Å². The Bertz CT molecular complexity index is 111. The normalized spacial score (nSPS) is 28.0. The Morgan fingerprint density at radius 1 is 1.42 bits per heavy atom. The first-order chi connectivity index (χ1) is 5.83. The second kappa shape index (κ2) is 5.41. The van der Waals surface area contributed by atoms with Crippen LogP contribution in [-0.4, -0.2) is 35.6 Å². The Morgan fingerprint density at radius 2 is 2.25 bits per heavy atom. The van der Waals surface area contributed by atoms with E-state index < -0.39 is 6.10 Å². The summed E-state index contributed by atoms with van der Waals surface area (Å²) in [6.07, 6.45) is -0.258. The van der Waals surface area contributed by atoms with Gasteiger partial charge in [0.1, 0.15) is 6.10 Å². The molecule has 1 aliphatic rings. The monoisotopic (exact) mass is 180 g/mol. The highest BCUT2D eigenvalue weighted by atomic mass is 17.7. The van der Waals surface area contributed by atoms with E-state index >= 15 is 0 Å². The van der Waals surface area contributed by atoms with Gasteiger partial charge < -0.3 is 10.2 Å². The van der Waals surface area contributed by atoms with E-state index in [9.17, 15) is 0 Å². The molecule has 2 unspecified atom stereocenters. The standard InChI is InChI=1S/C6H12O6/c7-4-5(8)3-6-1-2-9-11-12-10-6/h5-8H,1-4H2. The predicted molar refractivity (Wildman–Crippen MR) is 35.3 cm³/mol. The lowest BCUT2D eigenvalue weighted by atomic mass is 10.1. The van der Waals surface area contributed by atoms with Crippen molar-refractivity contribution in [1.29, 1.82) is 0 Å². The summed E-state index contributed by atoms with van der Waals surface area (Å²) in [5.41, 5.74) is 0. The van der Waals surface area contributed by atoms with Gasteiger partial charge in [0.05, 0.1) is 19.3 Å². The van der Waals surface area contributed by atoms with Gasteiger partial charge in [0, 0.05) is 12.8 Å². The third-order valence-corrected chi connectivity index (χ3v) is 1.52. The van der Waals surface area contributed by atoms with Gasteiger partial charge in [-0.05, 0) is 10.1 Å². The molecule has 6 heteroatoms. The van der Waals surface area contributed by atoms with E-state index in [2.05, 4.69) is 19.9 Å². The van der Waals surface area contributed by atoms with Gasteiger partial charge in [-0.3, -0.25) is 0 Å². The molecule has 0 saturated carbocycles. The first-order valence-electron chi connectivity index (χ1n) is 3.73. The van der Waals surface area contributed by atoms with Crippen molar-refractivity contribution in [3.05, 3.63) is 0 Å². The quantitative estimate of drug-likeness (QED) is 0.560. The molecule has 2 N–H and O–H groups in total. The summed E-state index contributed by atoms with van der Waals surface area (Å²) >= 11 is 0. The highest BCUT2D eigenvalue weighted by molar-refractivity contribution is 4.62. The van der Waals surface area contributed by atoms with Crippen LogP contribution < -0.4 is 0 Å². The molecule has 0 aromatic carbocycles. The van der Waals surface area contributed by atoms with Crippen LogP contribution in [0.1, 0.15) is 12.8 Å². The maximum absolute atomic E-state index is 9.03. The maximum Gasteiger partial charge on any atom is 0.101 e. The van der Waals surface area contributed by atoms with Crippen LogP contribution in [0.3, 0.4) is 0 Å². The summed E-state index contributed by atoms with van der Waals surface area (Å²) in [4.78, 5) is 9.11. The Balaban J connectivity index is 2.20. The first-order valence-corrected chi connectivity index (χ1v) is 3.73. The van der Waals surface area contributed by atoms with E-state index in [1.807, 2.05) is 0 Å². The van der Waals surface area contributed by atoms with E-state index in [1.165, 1.54) is 0 Å². The molecule has 2 atom stereocenters. The average Bonchev–Trinajstić information content (AvgIpc) is 2.33. The number of rotatable bonds is 3. The zero-order chi connectivity index (χ0) is 8.81. The van der Waals surface area contributed by atoms with Gasteiger partial charge in [-0.25, -0.2) is 9.78 Å². The molecule has 1 aliphatic heterocycles. The first kappa shape index (κ1) is 9.85. The number of aliphatic hydroxyl groups is 2. The van der Waals surface area contributed by atoms with Crippen LogP contribution in [0.2, 0.25) is 0 Å². The SMILES string of the molecule is OCC(O)CC1CCOOOO1. The Kier molecular flexibility index (Phi) is 4.44. The van der Waals surface area contributed by atoms with Crippen molar-refractivity contribution >= 4 is 0 Å². The van der Waals surface area contributed by atoms with Crippen molar-refractivity contribution in [2.24, 2.45) is 0 Å². The number of hydrogen-bond acceptors (Lipinski definition) is 6. The van der Waals surface area contributed by atoms with E-state index in [0.29, 0.717) is 19.4 Å². The minimum atomic E-state index is -0.795. The van der Waals surface area contributed by atoms with Crippen molar-refractivity contribution in [3.8, 4) is 0 Å². The molecule has 0 aromatic rings. The minimum absolute atomic E-state index is 0.290. The summed E-state index contributed by atoms with van der Waals surface area (Å²) in [7, 11) is 0. The van der Waals surface area contributed by atoms with Crippen LogP contribution >= 0.6 is 0 Å². The summed E-state index contributed by atoms with van der Waals surface area (Å²) in [6.45, 7) is 0.0460. The molecular formula is C6H12O6. The molecular weight excluding hydrogens is 168 g/mol. The highest BCUT2D eigenvalue weighted by Gasteiger charge is 2.18. The van der Waals surface area contributed by atoms with Gasteiger partial charge in [-0.15, -0.1) is 0 Å². The second-order valence-corrected chi connectivity index (χ2v) is 2.54. The van der Waals surface area contributed by atoms with E-state index in [0.717, 1.165) is 0 Å². The fraction of sp³-hybridized carbons (Fsp3) is 1.00. The Morgan fingerprint density at radius 3 is 3.00 bits per heavy atom. The van der Waals surface area contributed by atoms with Gasteiger partial charge in [0.25, 0.3) is 0 Å². The molecule has 0 spiro atoms. The highest BCUT2D eigenvalue weighted by Crippen LogP contribution is 2.11. The maximum atomic E-state index is 9.03. The molecule has 1 heterocycles. The molecule has 0 amide bonds. The fourth-order valence-electron chi connectivity index (χ4n) is 0.888. The van der Waals surface area contributed by atoms with Gasteiger partial charge in [0.2, 0.25) is 0 Å². The van der Waals surface area contributed by atoms with Crippen LogP contribution in [0.15, 0.2) is 0 Å². The molecule has 72 valence electrons. The van der Waals surface area contributed by atoms with E-state index in [1.54, 1.807) is 0 Å². The van der Waals surface area contributed by atoms with Crippen molar-refractivity contribution in [1.82, 2.24) is 0 Å². The van der Waals surface area contributed by atoms with Crippen molar-refractivity contribution in [2.45, 2.75) is 25.0 Å². The lowest BCUT2D eigenvalue weighted by Crippen LogP contribution is -2.23. The van der Waals surface area contributed by atoms with Crippen molar-refractivity contribution in [3.63, 3.8) is 0 Å². The third-order valence-electron chi connectivity index (χ3n) is 1.52. The molecule has 1 fully saturated rings. The largest absolute Gasteiger partial charge is 0.394 e. The van der Waals surface area contributed by atoms with Crippen LogP contribution in [0, 0.1) is 0 Å². The summed E-state index contributed by atoms with van der Waals surface area (Å²) in [5, 5.41) is 25.8. The fourth-order valence-corrected chi connectivity index (χ4v) is 0.888. The van der Waals surface area contributed by atoms with E-state index in [4.69, 9.17) is 10.2 Å². The number of hydrogen-bond donors (Lipinski definition) is 2. The number of aliphatic hydroxyl groups excluding tert-OH is 2. The van der Waals surface area contributed by atoms with Gasteiger partial charge in [0.15, 0.2) is 0 Å². The molecule has 1 saturated heterocycles. The zero-order valence-electron chi connectivity index (χ0n) is 6.51. The van der Waals surface area contributed by atoms with Crippen molar-refractivity contribution in [2.75, 3.05) is 13.2 Å². The second-order valence-electron chi connectivity index (χ2n) is 2.54. The molecule has 12 heavy (non-hydrogen) atoms. The summed E-state index contributed by atoms with van der Waals surface area (Å²) in [6, 6.07) is 0. The molecule has 0 bridgehead atoms. The lowest BCUT2D eigenvalue weighted by Gasteiger charge is -2.13. The summed E-state index contributed by atoms with van der Waals surface area (Å²) < 4.78 is 0. The van der Waals surface area contributed by atoms with Crippen LogP contribution in [0.25, 0.3) is 0 Å². The Labute approximate surface area is 69.4 Å². The van der Waals surface area contributed by atoms with Crippen LogP contribution in [0.4, 0.5) is 0 Å². The summed E-state index contributed by atoms with van der Waals surface area (Å²) in [5.74, 6) is 0. The predicted octanol–water partition coefficient (Wildman–Crippen LogP) is -0.687. The third kappa shape index (κ3) is 3.44. The molecule has 0 aliphatic carbocycles. The Hall–Kier alpha value is -0.240. The van der Waals surface area contributed by atoms with E-state index in [-0.39, 0.29) is 12.7 Å². The zero-order valence-corrected chi connectivity index (χ0v) is 6.51. The van der Waals surface area contributed by atoms with Gasteiger partial charge >= 0.3 is 0 Å².